The third-order valence-electron chi connectivity index (χ3n) is 5.74. The second kappa shape index (κ2) is 11.2. The number of nitrogens with one attached hydrogen (secondary N) is 2. The number of alkyl halides is 3. The number of amidine groups is 1. The first-order valence-electron chi connectivity index (χ1n) is 11.9. The number of carbonyl (C=O) groups excluding carboxylic acids is 1. The van der Waals surface area contributed by atoms with Crippen molar-refractivity contribution in [1.82, 2.24) is 4.98 Å². The summed E-state index contributed by atoms with van der Waals surface area (Å²) in [6.07, 6.45) is -3.69. The lowest BCUT2D eigenvalue weighted by Gasteiger charge is -2.14. The molecule has 3 aromatic rings. The van der Waals surface area contributed by atoms with Gasteiger partial charge in [0.2, 0.25) is 12.1 Å². The number of pyridine rings is 1. The number of hydrogen-bond donors (Lipinski definition) is 3. The van der Waals surface area contributed by atoms with Crippen molar-refractivity contribution in [3.05, 3.63) is 94.8 Å². The molecule has 1 amide bonds. The molecule has 0 aliphatic carbocycles. The number of halogens is 3. The van der Waals surface area contributed by atoms with E-state index >= 15 is 0 Å². The summed E-state index contributed by atoms with van der Waals surface area (Å²) in [6.45, 7) is 1.90. The predicted octanol–water partition coefficient (Wildman–Crippen LogP) is 4.92. The van der Waals surface area contributed by atoms with Crippen LogP contribution in [0, 0.1) is 5.41 Å². The third kappa shape index (κ3) is 6.05. The van der Waals surface area contributed by atoms with Crippen LogP contribution in [0.2, 0.25) is 0 Å². The summed E-state index contributed by atoms with van der Waals surface area (Å²) in [6, 6.07) is 16.8. The number of benzodiazepines with no additional fused rings is 1. The Hall–Kier alpha value is -4.54. The molecule has 196 valence electrons. The molecule has 1 aliphatic heterocycles. The SMILES string of the molecule is CCCCc1cc(C(F)(F)F)cnc1C(=N)OC(N)=NC1N=C(c2ccccc2)c2ccccc2NC1=O. The maximum Gasteiger partial charge on any atom is 0.417 e. The standard InChI is InChI=1S/C27H25F3N6O2/c1-2-3-9-17-14-18(27(28,29)30)15-33-22(17)23(31)38-26(32)36-24-25(37)34-20-13-8-7-12-19(20)21(35-24)16-10-5-4-6-11-16/h4-8,10-15,24,31H,2-3,9H2,1H3,(H2,32,36)(H,34,37). The molecular weight excluding hydrogens is 497 g/mol. The van der Waals surface area contributed by atoms with Crippen LogP contribution in [0.3, 0.4) is 0 Å². The molecule has 4 rings (SSSR count). The maximum atomic E-state index is 13.2. The number of anilines is 1. The van der Waals surface area contributed by atoms with Gasteiger partial charge in [-0.2, -0.15) is 18.2 Å². The lowest BCUT2D eigenvalue weighted by molar-refractivity contribution is -0.137. The van der Waals surface area contributed by atoms with Crippen LogP contribution in [-0.2, 0) is 22.1 Å². The van der Waals surface area contributed by atoms with E-state index in [1.165, 1.54) is 0 Å². The van der Waals surface area contributed by atoms with Gasteiger partial charge in [0.1, 0.15) is 5.69 Å². The molecule has 11 heteroatoms. The monoisotopic (exact) mass is 522 g/mol. The number of rotatable bonds is 6. The Bertz CT molecular complexity index is 1400. The van der Waals surface area contributed by atoms with Gasteiger partial charge in [-0.05, 0) is 30.5 Å². The molecule has 8 nitrogen and oxygen atoms in total. The molecule has 0 fully saturated rings. The minimum Gasteiger partial charge on any atom is -0.405 e. The molecule has 0 bridgehead atoms. The number of aryl methyl sites for hydroxylation is 1. The van der Waals surface area contributed by atoms with Crippen LogP contribution in [0.25, 0.3) is 0 Å². The van der Waals surface area contributed by atoms with Gasteiger partial charge in [-0.3, -0.25) is 15.2 Å². The van der Waals surface area contributed by atoms with Gasteiger partial charge in [0, 0.05) is 17.3 Å². The van der Waals surface area contributed by atoms with Crippen molar-refractivity contribution in [2.75, 3.05) is 5.32 Å². The summed E-state index contributed by atoms with van der Waals surface area (Å²) >= 11 is 0. The highest BCUT2D eigenvalue weighted by Gasteiger charge is 2.32. The Balaban J connectivity index is 1.64. The van der Waals surface area contributed by atoms with Gasteiger partial charge in [-0.25, -0.2) is 4.99 Å². The van der Waals surface area contributed by atoms with E-state index in [4.69, 9.17) is 15.9 Å². The highest BCUT2D eigenvalue weighted by molar-refractivity contribution is 6.19. The molecule has 1 aromatic heterocycles. The second-order valence-electron chi connectivity index (χ2n) is 8.48. The molecular formula is C27H25F3N6O2. The molecule has 0 saturated heterocycles. The van der Waals surface area contributed by atoms with Crippen LogP contribution in [0.5, 0.6) is 0 Å². The zero-order chi connectivity index (χ0) is 27.3. The summed E-state index contributed by atoms with van der Waals surface area (Å²) in [4.78, 5) is 25.4. The third-order valence-corrected chi connectivity index (χ3v) is 5.74. The first kappa shape index (κ1) is 26.5. The lowest BCUT2D eigenvalue weighted by atomic mass is 10.0. The van der Waals surface area contributed by atoms with Crippen LogP contribution < -0.4 is 11.1 Å². The maximum absolute atomic E-state index is 13.2. The molecule has 2 aromatic carbocycles. The van der Waals surface area contributed by atoms with Gasteiger partial charge in [-0.15, -0.1) is 0 Å². The average Bonchev–Trinajstić information content (AvgIpc) is 3.03. The summed E-state index contributed by atoms with van der Waals surface area (Å²) in [5.41, 5.74) is 7.60. The molecule has 1 unspecified atom stereocenters. The topological polar surface area (TPSA) is 126 Å². The number of nitrogens with zero attached hydrogens (tertiary/aromatic N) is 3. The molecule has 4 N–H and O–H groups in total. The van der Waals surface area contributed by atoms with Crippen LogP contribution in [-0.4, -0.2) is 34.7 Å². The van der Waals surface area contributed by atoms with E-state index in [0.717, 1.165) is 18.1 Å². The first-order chi connectivity index (χ1) is 18.2. The van der Waals surface area contributed by atoms with Crippen molar-refractivity contribution < 1.29 is 22.7 Å². The zero-order valence-corrected chi connectivity index (χ0v) is 20.4. The van der Waals surface area contributed by atoms with Gasteiger partial charge >= 0.3 is 6.18 Å². The Morgan fingerprint density at radius 3 is 2.58 bits per heavy atom. The van der Waals surface area contributed by atoms with Gasteiger partial charge in [-0.1, -0.05) is 61.9 Å². The molecule has 0 spiro atoms. The minimum absolute atomic E-state index is 0.0872. The van der Waals surface area contributed by atoms with E-state index in [2.05, 4.69) is 20.3 Å². The number of aromatic nitrogens is 1. The molecule has 2 heterocycles. The van der Waals surface area contributed by atoms with Gasteiger partial charge in [0.15, 0.2) is 0 Å². The Morgan fingerprint density at radius 2 is 1.87 bits per heavy atom. The van der Waals surface area contributed by atoms with Crippen molar-refractivity contribution in [1.29, 1.82) is 5.41 Å². The molecule has 0 saturated carbocycles. The van der Waals surface area contributed by atoms with Crippen LogP contribution in [0.15, 0.2) is 76.8 Å². The molecule has 38 heavy (non-hydrogen) atoms. The highest BCUT2D eigenvalue weighted by Crippen LogP contribution is 2.30. The zero-order valence-electron chi connectivity index (χ0n) is 20.4. The normalized spacial score (nSPS) is 15.7. The van der Waals surface area contributed by atoms with Crippen molar-refractivity contribution >= 4 is 29.2 Å². The quantitative estimate of drug-likeness (QED) is 0.314. The summed E-state index contributed by atoms with van der Waals surface area (Å²) in [7, 11) is 0. The predicted molar refractivity (Wildman–Crippen MR) is 138 cm³/mol. The molecule has 1 aliphatic rings. The average molecular weight is 523 g/mol. The number of nitrogens with two attached hydrogens (primary N) is 1. The van der Waals surface area contributed by atoms with Crippen molar-refractivity contribution in [2.45, 2.75) is 38.5 Å². The number of benzene rings is 2. The number of fused-ring (bicyclic) bond motifs is 1. The van der Waals surface area contributed by atoms with Crippen LogP contribution in [0.1, 0.15) is 47.7 Å². The van der Waals surface area contributed by atoms with E-state index in [0.29, 0.717) is 29.6 Å². The lowest BCUT2D eigenvalue weighted by Crippen LogP contribution is -2.29. The van der Waals surface area contributed by atoms with E-state index in [9.17, 15) is 18.0 Å². The van der Waals surface area contributed by atoms with Crippen LogP contribution >= 0.6 is 0 Å². The van der Waals surface area contributed by atoms with E-state index in [1.807, 2.05) is 49.4 Å². The van der Waals surface area contributed by atoms with E-state index < -0.39 is 35.7 Å². The Labute approximate surface area is 217 Å². The van der Waals surface area contributed by atoms with Gasteiger partial charge < -0.3 is 15.8 Å². The van der Waals surface area contributed by atoms with Crippen LogP contribution in [0.4, 0.5) is 18.9 Å². The van der Waals surface area contributed by atoms with Gasteiger partial charge in [0.25, 0.3) is 11.9 Å². The number of carbonyl (C=O) groups is 1. The minimum atomic E-state index is -4.57. The van der Waals surface area contributed by atoms with Crippen molar-refractivity contribution in [3.8, 4) is 0 Å². The van der Waals surface area contributed by atoms with Gasteiger partial charge in [0.05, 0.1) is 17.0 Å². The van der Waals surface area contributed by atoms with Crippen molar-refractivity contribution in [3.63, 3.8) is 0 Å². The number of para-hydroxylation sites is 1. The smallest absolute Gasteiger partial charge is 0.405 e. The molecule has 1 atom stereocenters. The largest absolute Gasteiger partial charge is 0.417 e. The first-order valence-corrected chi connectivity index (χ1v) is 11.9. The van der Waals surface area contributed by atoms with Crippen molar-refractivity contribution in [2.24, 2.45) is 15.7 Å². The summed E-state index contributed by atoms with van der Waals surface area (Å²) < 4.78 is 44.9. The number of ether oxygens (including phenoxy) is 1. The Kier molecular flexibility index (Phi) is 7.85. The number of unbranched alkanes of at least 4 members (excludes halogenated alkanes) is 1. The summed E-state index contributed by atoms with van der Waals surface area (Å²) in [5, 5.41) is 11.1. The fraction of sp³-hybridized carbons (Fsp3) is 0.222. The number of aliphatic imine (C=N–C) groups is 2. The fourth-order valence-corrected chi connectivity index (χ4v) is 3.89. The fourth-order valence-electron chi connectivity index (χ4n) is 3.89. The Morgan fingerprint density at radius 1 is 1.16 bits per heavy atom. The number of amides is 1. The number of hydrogen-bond acceptors (Lipinski definition) is 6. The molecule has 0 radical (unpaired) electrons. The van der Waals surface area contributed by atoms with E-state index in [1.54, 1.807) is 12.1 Å². The highest BCUT2D eigenvalue weighted by atomic mass is 19.4. The summed E-state index contributed by atoms with van der Waals surface area (Å²) in [5.74, 6) is -1.16. The van der Waals surface area contributed by atoms with E-state index in [-0.39, 0.29) is 17.7 Å². The second-order valence-corrected chi connectivity index (χ2v) is 8.48.